The summed E-state index contributed by atoms with van der Waals surface area (Å²) < 4.78 is 17.3. The van der Waals surface area contributed by atoms with Crippen LogP contribution in [-0.4, -0.2) is 75.5 Å². The molecule has 0 spiro atoms. The van der Waals surface area contributed by atoms with Crippen LogP contribution in [0.5, 0.6) is 0 Å². The largest absolute Gasteiger partial charge is 0.544 e. The summed E-state index contributed by atoms with van der Waals surface area (Å²) in [6.07, 6.45) is 69.8. The van der Waals surface area contributed by atoms with Crippen LogP contribution in [0, 0.1) is 0 Å². The van der Waals surface area contributed by atoms with Gasteiger partial charge in [-0.1, -0.05) is 200 Å². The molecule has 0 amide bonds. The van der Waals surface area contributed by atoms with Crippen molar-refractivity contribution in [2.45, 2.75) is 219 Å². The lowest BCUT2D eigenvalue weighted by atomic mass is 10.1. The molecule has 0 aromatic rings. The summed E-state index contributed by atoms with van der Waals surface area (Å²) in [5, 5.41) is 11.7. The van der Waals surface area contributed by atoms with Crippen LogP contribution in [0.3, 0.4) is 0 Å². The predicted molar refractivity (Wildman–Crippen MR) is 291 cm³/mol. The van der Waals surface area contributed by atoms with Crippen LogP contribution in [0.1, 0.15) is 206 Å². The van der Waals surface area contributed by atoms with Gasteiger partial charge in [0.05, 0.1) is 40.3 Å². The normalized spacial score (nSPS) is 13.7. The van der Waals surface area contributed by atoms with Crippen LogP contribution in [0.15, 0.2) is 109 Å². The van der Waals surface area contributed by atoms with Crippen LogP contribution >= 0.6 is 0 Å². The van der Waals surface area contributed by atoms with Crippen LogP contribution < -0.4 is 5.11 Å². The number of allylic oxidation sites excluding steroid dienone is 18. The SMILES string of the molecule is CC/C=C/C/C=C/C/C=C/C/C=C/C/C=C/CCCCCCCCC(=O)OC(COCCC(C(=O)[O-])[N+](C)(C)C)COC(=O)CCCCCCCCCCCC/C=C/C/C=C/C/C=C/C/C=C/CC. The number of hydrogen-bond acceptors (Lipinski definition) is 7. The molecule has 0 radical (unpaired) electrons. The molecule has 69 heavy (non-hydrogen) atoms. The van der Waals surface area contributed by atoms with Gasteiger partial charge in [-0.15, -0.1) is 0 Å². The van der Waals surface area contributed by atoms with Gasteiger partial charge < -0.3 is 28.6 Å². The van der Waals surface area contributed by atoms with Gasteiger partial charge in [0.15, 0.2) is 6.10 Å². The van der Waals surface area contributed by atoms with Crippen molar-refractivity contribution in [2.75, 3.05) is 41.0 Å². The number of carbonyl (C=O) groups is 3. The molecule has 8 heteroatoms. The Labute approximate surface area is 423 Å². The summed E-state index contributed by atoms with van der Waals surface area (Å²) in [6.45, 7) is 4.42. The third kappa shape index (κ3) is 48.8. The van der Waals surface area contributed by atoms with Crippen molar-refractivity contribution >= 4 is 17.9 Å². The summed E-state index contributed by atoms with van der Waals surface area (Å²) in [4.78, 5) is 37.1. The first-order chi connectivity index (χ1) is 33.6. The van der Waals surface area contributed by atoms with E-state index >= 15 is 0 Å². The predicted octanol–water partition coefficient (Wildman–Crippen LogP) is 15.0. The number of carboxylic acid groups (broad SMARTS) is 1. The number of ether oxygens (including phenoxy) is 3. The molecular weight excluding hydrogens is 859 g/mol. The molecule has 0 N–H and O–H groups in total. The fourth-order valence-electron chi connectivity index (χ4n) is 7.50. The first kappa shape index (κ1) is 65.0. The molecule has 0 rings (SSSR count). The molecule has 0 aliphatic heterocycles. The number of aliphatic carboxylic acids is 1. The number of nitrogens with zero attached hydrogens (tertiary/aromatic N) is 1. The second-order valence-electron chi connectivity index (χ2n) is 19.1. The van der Waals surface area contributed by atoms with Crippen molar-refractivity contribution in [3.63, 3.8) is 0 Å². The minimum absolute atomic E-state index is 0.0269. The minimum atomic E-state index is -1.13. The minimum Gasteiger partial charge on any atom is -0.544 e. The van der Waals surface area contributed by atoms with Gasteiger partial charge in [-0.25, -0.2) is 0 Å². The number of carbonyl (C=O) groups excluding carboxylic acids is 3. The zero-order chi connectivity index (χ0) is 50.6. The molecule has 0 bridgehead atoms. The Bertz CT molecular complexity index is 1490. The molecule has 0 aliphatic rings. The smallest absolute Gasteiger partial charge is 0.306 e. The maximum atomic E-state index is 12.8. The molecule has 2 atom stereocenters. The van der Waals surface area contributed by atoms with E-state index in [2.05, 4.69) is 123 Å². The fraction of sp³-hybridized carbons (Fsp3) is 0.656. The van der Waals surface area contributed by atoms with E-state index in [-0.39, 0.29) is 42.7 Å². The number of likely N-dealkylation sites (N-methyl/N-ethyl adjacent to an activating group) is 1. The third-order valence-electron chi connectivity index (χ3n) is 11.7. The van der Waals surface area contributed by atoms with Crippen molar-refractivity contribution in [3.05, 3.63) is 109 Å². The Morgan fingerprint density at radius 1 is 0.435 bits per heavy atom. The second kappa shape index (κ2) is 50.4. The molecule has 0 heterocycles. The summed E-state index contributed by atoms with van der Waals surface area (Å²) in [6, 6.07) is -0.737. The Kier molecular flexibility index (Phi) is 47.5. The highest BCUT2D eigenvalue weighted by Gasteiger charge is 2.25. The lowest BCUT2D eigenvalue weighted by Crippen LogP contribution is -2.55. The second-order valence-corrected chi connectivity index (χ2v) is 19.1. The zero-order valence-electron chi connectivity index (χ0n) is 44.7. The third-order valence-corrected chi connectivity index (χ3v) is 11.7. The zero-order valence-corrected chi connectivity index (χ0v) is 44.7. The lowest BCUT2D eigenvalue weighted by Gasteiger charge is -2.34. The van der Waals surface area contributed by atoms with Gasteiger partial charge in [0, 0.05) is 19.3 Å². The molecule has 0 saturated heterocycles. The maximum Gasteiger partial charge on any atom is 0.306 e. The number of carboxylic acids is 1. The van der Waals surface area contributed by atoms with E-state index in [0.29, 0.717) is 12.8 Å². The average molecular weight is 960 g/mol. The van der Waals surface area contributed by atoms with E-state index in [0.717, 1.165) is 109 Å². The molecule has 8 nitrogen and oxygen atoms in total. The Balaban J connectivity index is 4.26. The van der Waals surface area contributed by atoms with E-state index < -0.39 is 18.1 Å². The molecule has 2 unspecified atom stereocenters. The topological polar surface area (TPSA) is 102 Å². The quantitative estimate of drug-likeness (QED) is 0.0259. The van der Waals surface area contributed by atoms with Gasteiger partial charge >= 0.3 is 11.9 Å². The standard InChI is InChI=1S/C61H101NO7/c1-6-8-10-12-14-16-18-20-22-24-26-28-30-32-33-35-37-39-41-43-45-47-49-51-59(63)68-56-57(55-67-54-53-58(61(65)66)62(3,4)5)69-60(64)52-50-48-46-44-42-40-38-36-34-31-29-27-25-23-21-19-17-15-13-11-9-7-2/h8-11,14-17,20-23,26-29,34,36,57-58H,6-7,12-13,18-19,24-25,30-33,35,37-56H2,1-5H3/b10-8+,11-9+,16-14+,17-15+,22-20+,23-21+,28-26+,29-27+,36-34+. The summed E-state index contributed by atoms with van der Waals surface area (Å²) >= 11 is 0. The van der Waals surface area contributed by atoms with Crippen LogP contribution in [-0.2, 0) is 28.6 Å². The van der Waals surface area contributed by atoms with E-state index in [4.69, 9.17) is 14.2 Å². The van der Waals surface area contributed by atoms with Gasteiger partial charge in [-0.05, 0) is 96.3 Å². The maximum absolute atomic E-state index is 12.8. The van der Waals surface area contributed by atoms with Crippen molar-refractivity contribution in [1.82, 2.24) is 0 Å². The van der Waals surface area contributed by atoms with Gasteiger partial charge in [0.25, 0.3) is 0 Å². The molecule has 0 aromatic heterocycles. The Morgan fingerprint density at radius 2 is 0.768 bits per heavy atom. The van der Waals surface area contributed by atoms with E-state index in [1.165, 1.54) is 64.2 Å². The van der Waals surface area contributed by atoms with E-state index in [1.807, 2.05) is 0 Å². The van der Waals surface area contributed by atoms with Crippen molar-refractivity contribution < 1.29 is 38.2 Å². The summed E-state index contributed by atoms with van der Waals surface area (Å²) in [5.41, 5.74) is 0. The van der Waals surface area contributed by atoms with Crippen molar-refractivity contribution in [2.24, 2.45) is 0 Å². The van der Waals surface area contributed by atoms with Crippen LogP contribution in [0.25, 0.3) is 0 Å². The monoisotopic (exact) mass is 960 g/mol. The lowest BCUT2D eigenvalue weighted by molar-refractivity contribution is -0.889. The highest BCUT2D eigenvalue weighted by Crippen LogP contribution is 2.15. The molecule has 392 valence electrons. The van der Waals surface area contributed by atoms with Gasteiger partial charge in [-0.2, -0.15) is 0 Å². The van der Waals surface area contributed by atoms with Crippen molar-refractivity contribution in [1.29, 1.82) is 0 Å². The van der Waals surface area contributed by atoms with Crippen LogP contribution in [0.4, 0.5) is 0 Å². The Morgan fingerprint density at radius 3 is 1.13 bits per heavy atom. The highest BCUT2D eigenvalue weighted by molar-refractivity contribution is 5.70. The number of quaternary nitrogens is 1. The first-order valence-electron chi connectivity index (χ1n) is 27.4. The summed E-state index contributed by atoms with van der Waals surface area (Å²) in [5.74, 6) is -1.77. The molecule has 0 fully saturated rings. The fourth-order valence-corrected chi connectivity index (χ4v) is 7.50. The first-order valence-corrected chi connectivity index (χ1v) is 27.4. The van der Waals surface area contributed by atoms with Gasteiger partial charge in [0.2, 0.25) is 0 Å². The Hall–Kier alpha value is -4.01. The molecular formula is C61H101NO7. The van der Waals surface area contributed by atoms with E-state index in [9.17, 15) is 19.5 Å². The summed E-state index contributed by atoms with van der Waals surface area (Å²) in [7, 11) is 5.40. The average Bonchev–Trinajstić information content (AvgIpc) is 3.31. The number of unbranched alkanes of at least 4 members (excludes halogenated alkanes) is 16. The van der Waals surface area contributed by atoms with E-state index in [1.54, 1.807) is 21.1 Å². The van der Waals surface area contributed by atoms with Crippen LogP contribution in [0.2, 0.25) is 0 Å². The number of rotatable bonds is 48. The highest BCUT2D eigenvalue weighted by atomic mass is 16.6. The number of hydrogen-bond donors (Lipinski definition) is 0. The molecule has 0 aliphatic carbocycles. The molecule has 0 aromatic carbocycles. The number of esters is 2. The van der Waals surface area contributed by atoms with Crippen molar-refractivity contribution in [3.8, 4) is 0 Å². The molecule has 0 saturated carbocycles. The van der Waals surface area contributed by atoms with Gasteiger partial charge in [0.1, 0.15) is 12.6 Å². The van der Waals surface area contributed by atoms with Gasteiger partial charge in [-0.3, -0.25) is 9.59 Å².